The number of nitrogens with one attached hydrogen (secondary N) is 2. The third-order valence-corrected chi connectivity index (χ3v) is 3.29. The van der Waals surface area contributed by atoms with Crippen molar-refractivity contribution >= 4 is 11.7 Å². The average molecular weight is 262 g/mol. The minimum atomic E-state index is -0.422. The Hall–Kier alpha value is -1.91. The zero-order valence-corrected chi connectivity index (χ0v) is 11.2. The van der Waals surface area contributed by atoms with Crippen LogP contribution in [0.25, 0.3) is 0 Å². The molecule has 1 aromatic heterocycles. The minimum absolute atomic E-state index is 0.00505. The number of ketones is 1. The highest BCUT2D eigenvalue weighted by atomic mass is 16.2. The van der Waals surface area contributed by atoms with Gasteiger partial charge in [0.1, 0.15) is 5.56 Å². The molecule has 1 aliphatic carbocycles. The summed E-state index contributed by atoms with van der Waals surface area (Å²) in [6, 6.07) is 1.44. The van der Waals surface area contributed by atoms with E-state index < -0.39 is 11.5 Å². The van der Waals surface area contributed by atoms with E-state index in [9.17, 15) is 14.4 Å². The Morgan fingerprint density at radius 1 is 1.42 bits per heavy atom. The summed E-state index contributed by atoms with van der Waals surface area (Å²) in [5, 5.41) is 2.65. The maximum Gasteiger partial charge on any atom is 0.261 e. The first-order chi connectivity index (χ1) is 9.02. The highest BCUT2D eigenvalue weighted by Gasteiger charge is 2.25. The molecule has 19 heavy (non-hydrogen) atoms. The quantitative estimate of drug-likeness (QED) is 0.861. The average Bonchev–Trinajstić information content (AvgIpc) is 2.34. The molecule has 5 nitrogen and oxygen atoms in total. The number of aromatic nitrogens is 1. The molecule has 0 aromatic carbocycles. The summed E-state index contributed by atoms with van der Waals surface area (Å²) in [6.07, 6.45) is 1.94. The molecule has 5 heteroatoms. The predicted octanol–water partition coefficient (Wildman–Crippen LogP) is 1.28. The van der Waals surface area contributed by atoms with Crippen molar-refractivity contribution in [1.29, 1.82) is 0 Å². The fourth-order valence-electron chi connectivity index (χ4n) is 2.33. The molecule has 0 bridgehead atoms. The maximum atomic E-state index is 11.9. The number of carbonyl (C=O) groups excluding carboxylic acids is 2. The van der Waals surface area contributed by atoms with Gasteiger partial charge in [-0.25, -0.2) is 0 Å². The number of aromatic amines is 1. The molecule has 0 saturated heterocycles. The van der Waals surface area contributed by atoms with Gasteiger partial charge in [0.05, 0.1) is 0 Å². The van der Waals surface area contributed by atoms with E-state index in [2.05, 4.69) is 10.3 Å². The number of hydrogen-bond acceptors (Lipinski definition) is 3. The van der Waals surface area contributed by atoms with Gasteiger partial charge in [-0.2, -0.15) is 0 Å². The van der Waals surface area contributed by atoms with Gasteiger partial charge < -0.3 is 10.3 Å². The van der Waals surface area contributed by atoms with Gasteiger partial charge >= 0.3 is 0 Å². The lowest BCUT2D eigenvalue weighted by Gasteiger charge is -2.20. The lowest BCUT2D eigenvalue weighted by atomic mass is 9.86. The number of amides is 1. The number of carbonyl (C=O) groups is 2. The minimum Gasteiger partial charge on any atom is -0.352 e. The first kappa shape index (κ1) is 13.5. The fraction of sp³-hybridized carbons (Fsp3) is 0.500. The number of pyridine rings is 1. The molecule has 1 atom stereocenters. The molecule has 0 fully saturated rings. The lowest BCUT2D eigenvalue weighted by Crippen LogP contribution is -2.32. The van der Waals surface area contributed by atoms with Gasteiger partial charge in [-0.15, -0.1) is 0 Å². The van der Waals surface area contributed by atoms with Crippen molar-refractivity contribution in [3.05, 3.63) is 33.2 Å². The molecule has 2 N–H and O–H groups in total. The van der Waals surface area contributed by atoms with Crippen molar-refractivity contribution < 1.29 is 9.59 Å². The van der Waals surface area contributed by atoms with E-state index in [0.29, 0.717) is 30.6 Å². The van der Waals surface area contributed by atoms with E-state index in [1.807, 2.05) is 13.8 Å². The van der Waals surface area contributed by atoms with Crippen LogP contribution in [0.2, 0.25) is 0 Å². The van der Waals surface area contributed by atoms with E-state index in [-0.39, 0.29) is 17.3 Å². The van der Waals surface area contributed by atoms with Gasteiger partial charge in [-0.3, -0.25) is 14.4 Å². The zero-order chi connectivity index (χ0) is 14.0. The Kier molecular flexibility index (Phi) is 3.83. The predicted molar refractivity (Wildman–Crippen MR) is 71.5 cm³/mol. The normalized spacial score (nSPS) is 18.0. The van der Waals surface area contributed by atoms with Crippen LogP contribution in [-0.2, 0) is 6.42 Å². The molecule has 0 unspecified atom stereocenters. The van der Waals surface area contributed by atoms with Gasteiger partial charge in [0, 0.05) is 24.2 Å². The Labute approximate surface area is 111 Å². The number of H-pyrrole nitrogens is 1. The summed E-state index contributed by atoms with van der Waals surface area (Å²) in [5.74, 6) is -0.192. The van der Waals surface area contributed by atoms with Crippen LogP contribution in [0.15, 0.2) is 10.9 Å². The van der Waals surface area contributed by atoms with Crippen molar-refractivity contribution in [2.45, 2.75) is 33.1 Å². The molecular weight excluding hydrogens is 244 g/mol. The largest absolute Gasteiger partial charge is 0.352 e. The molecule has 1 aromatic rings. The Morgan fingerprint density at radius 3 is 2.84 bits per heavy atom. The van der Waals surface area contributed by atoms with E-state index >= 15 is 0 Å². The molecule has 0 saturated carbocycles. The van der Waals surface area contributed by atoms with Crippen LogP contribution in [0.4, 0.5) is 0 Å². The third kappa shape index (κ3) is 2.75. The van der Waals surface area contributed by atoms with Crippen LogP contribution in [0.1, 0.15) is 53.1 Å². The van der Waals surface area contributed by atoms with E-state index in [1.54, 1.807) is 0 Å². The SMILES string of the molecule is CCCNC(=O)c1cc2c([nH]c1=O)C[C@@H](C)CC2=O. The molecule has 0 spiro atoms. The molecular formula is C14H18N2O3. The van der Waals surface area contributed by atoms with Crippen LogP contribution in [-0.4, -0.2) is 23.2 Å². The third-order valence-electron chi connectivity index (χ3n) is 3.29. The van der Waals surface area contributed by atoms with Crippen molar-refractivity contribution in [3.8, 4) is 0 Å². The smallest absolute Gasteiger partial charge is 0.261 e. The van der Waals surface area contributed by atoms with Crippen LogP contribution in [0.5, 0.6) is 0 Å². The Morgan fingerprint density at radius 2 is 2.16 bits per heavy atom. The summed E-state index contributed by atoms with van der Waals surface area (Å²) in [5.41, 5.74) is 0.740. The van der Waals surface area contributed by atoms with Gasteiger partial charge in [-0.05, 0) is 24.8 Å². The Bertz CT molecular complexity index is 575. The summed E-state index contributed by atoms with van der Waals surface area (Å²) >= 11 is 0. The molecule has 2 rings (SSSR count). The summed E-state index contributed by atoms with van der Waals surface area (Å²) in [4.78, 5) is 38.3. The molecule has 102 valence electrons. The van der Waals surface area contributed by atoms with Gasteiger partial charge in [-0.1, -0.05) is 13.8 Å². The van der Waals surface area contributed by atoms with E-state index in [4.69, 9.17) is 0 Å². The maximum absolute atomic E-state index is 11.9. The topological polar surface area (TPSA) is 79.0 Å². The van der Waals surface area contributed by atoms with Crippen LogP contribution in [0, 0.1) is 5.92 Å². The summed E-state index contributed by atoms with van der Waals surface area (Å²) in [6.45, 7) is 4.42. The highest BCUT2D eigenvalue weighted by molar-refractivity contribution is 6.01. The second-order valence-electron chi connectivity index (χ2n) is 5.10. The molecule has 1 aliphatic rings. The van der Waals surface area contributed by atoms with Crippen molar-refractivity contribution in [2.75, 3.05) is 6.54 Å². The van der Waals surface area contributed by atoms with Crippen LogP contribution in [0.3, 0.4) is 0 Å². The molecule has 1 amide bonds. The zero-order valence-electron chi connectivity index (χ0n) is 11.2. The second-order valence-corrected chi connectivity index (χ2v) is 5.10. The number of fused-ring (bicyclic) bond motifs is 1. The summed E-state index contributed by atoms with van der Waals surface area (Å²) < 4.78 is 0. The van der Waals surface area contributed by atoms with Gasteiger partial charge in [0.15, 0.2) is 5.78 Å². The van der Waals surface area contributed by atoms with Crippen molar-refractivity contribution in [1.82, 2.24) is 10.3 Å². The fourth-order valence-corrected chi connectivity index (χ4v) is 2.33. The first-order valence-electron chi connectivity index (χ1n) is 6.60. The van der Waals surface area contributed by atoms with Crippen LogP contribution >= 0.6 is 0 Å². The molecule has 0 aliphatic heterocycles. The second kappa shape index (κ2) is 5.38. The highest BCUT2D eigenvalue weighted by Crippen LogP contribution is 2.23. The lowest BCUT2D eigenvalue weighted by molar-refractivity contribution is 0.0951. The van der Waals surface area contributed by atoms with Gasteiger partial charge in [0.2, 0.25) is 0 Å². The number of Topliss-reactive ketones (excluding diaryl/α,β-unsaturated/α-hetero) is 1. The first-order valence-corrected chi connectivity index (χ1v) is 6.60. The van der Waals surface area contributed by atoms with Crippen molar-refractivity contribution in [3.63, 3.8) is 0 Å². The van der Waals surface area contributed by atoms with Crippen molar-refractivity contribution in [2.24, 2.45) is 5.92 Å². The number of rotatable bonds is 3. The summed E-state index contributed by atoms with van der Waals surface area (Å²) in [7, 11) is 0. The van der Waals surface area contributed by atoms with Gasteiger partial charge in [0.25, 0.3) is 11.5 Å². The van der Waals surface area contributed by atoms with Crippen LogP contribution < -0.4 is 10.9 Å². The monoisotopic (exact) mass is 262 g/mol. The molecule has 0 radical (unpaired) electrons. The van der Waals surface area contributed by atoms with E-state index in [1.165, 1.54) is 6.07 Å². The van der Waals surface area contributed by atoms with E-state index in [0.717, 1.165) is 6.42 Å². The standard InChI is InChI=1S/C14H18N2O3/c1-3-4-15-13(18)10-7-9-11(16-14(10)19)5-8(2)6-12(9)17/h7-8H,3-6H2,1-2H3,(H,15,18)(H,16,19)/t8-/m1/s1. The molecule has 1 heterocycles. The number of hydrogen-bond donors (Lipinski definition) is 2. The Balaban J connectivity index is 2.38.